The van der Waals surface area contributed by atoms with Gasteiger partial charge in [-0.3, -0.25) is 4.79 Å². The maximum atomic E-state index is 13.8. The summed E-state index contributed by atoms with van der Waals surface area (Å²) in [5.74, 6) is -1.50. The van der Waals surface area contributed by atoms with Crippen LogP contribution in [-0.4, -0.2) is 20.9 Å². The Balaban J connectivity index is 3.00. The van der Waals surface area contributed by atoms with Crippen LogP contribution in [0.15, 0.2) is 21.5 Å². The molecule has 1 amide bonds. The number of carbonyl (C=O) groups excluding carboxylic acids is 1. The van der Waals surface area contributed by atoms with Crippen LogP contribution in [0.4, 0.5) is 4.39 Å². The van der Waals surface area contributed by atoms with E-state index in [4.69, 9.17) is 10.7 Å². The highest BCUT2D eigenvalue weighted by atomic mass is 79.9. The van der Waals surface area contributed by atoms with Gasteiger partial charge in [-0.2, -0.15) is 0 Å². The summed E-state index contributed by atoms with van der Waals surface area (Å²) in [5, 5.41) is 2.56. The van der Waals surface area contributed by atoms with E-state index >= 15 is 0 Å². The second-order valence-corrected chi connectivity index (χ2v) is 9.16. The Hall–Kier alpha value is -0.660. The summed E-state index contributed by atoms with van der Waals surface area (Å²) >= 11 is 2.91. The van der Waals surface area contributed by atoms with Crippen LogP contribution in [0.5, 0.6) is 0 Å². The molecule has 0 aliphatic rings. The number of halogens is 3. The Kier molecular flexibility index (Phi) is 5.80. The number of hydrogen-bond donors (Lipinski definition) is 1. The zero-order valence-corrected chi connectivity index (χ0v) is 15.0. The Bertz CT molecular complexity index is 656. The Labute approximate surface area is 136 Å². The Morgan fingerprint density at radius 3 is 2.43 bits per heavy atom. The lowest BCUT2D eigenvalue weighted by Crippen LogP contribution is -2.28. The molecular weight excluding hydrogens is 385 g/mol. The first-order valence-corrected chi connectivity index (χ1v) is 9.24. The second-order valence-electron chi connectivity index (χ2n) is 5.77. The predicted molar refractivity (Wildman–Crippen MR) is 83.5 cm³/mol. The van der Waals surface area contributed by atoms with Crippen LogP contribution in [0.1, 0.15) is 37.6 Å². The molecule has 4 nitrogen and oxygen atoms in total. The monoisotopic (exact) mass is 399 g/mol. The number of hydrogen-bond acceptors (Lipinski definition) is 3. The Morgan fingerprint density at radius 1 is 1.38 bits per heavy atom. The molecule has 0 aromatic heterocycles. The molecule has 0 bridgehead atoms. The second kappa shape index (κ2) is 6.62. The maximum absolute atomic E-state index is 13.8. The summed E-state index contributed by atoms with van der Waals surface area (Å²) in [6, 6.07) is 1.84. The number of rotatable bonds is 4. The first-order valence-electron chi connectivity index (χ1n) is 6.14. The van der Waals surface area contributed by atoms with E-state index in [1.165, 1.54) is 0 Å². The van der Waals surface area contributed by atoms with E-state index in [0.717, 1.165) is 12.1 Å². The van der Waals surface area contributed by atoms with Crippen molar-refractivity contribution >= 4 is 41.6 Å². The summed E-state index contributed by atoms with van der Waals surface area (Å²) in [4.78, 5) is 11.6. The fraction of sp³-hybridized carbons (Fsp3) is 0.462. The van der Waals surface area contributed by atoms with Crippen molar-refractivity contribution in [2.75, 3.05) is 6.54 Å². The molecule has 1 aromatic rings. The van der Waals surface area contributed by atoms with Crippen molar-refractivity contribution in [3.05, 3.63) is 28.0 Å². The van der Waals surface area contributed by atoms with Gasteiger partial charge in [0.2, 0.25) is 0 Å². The predicted octanol–water partition coefficient (Wildman–Crippen LogP) is 3.68. The highest BCUT2D eigenvalue weighted by molar-refractivity contribution is 9.10. The van der Waals surface area contributed by atoms with E-state index in [2.05, 4.69) is 21.2 Å². The largest absolute Gasteiger partial charge is 0.352 e. The normalized spacial score (nSPS) is 12.3. The molecule has 0 unspecified atom stereocenters. The molecule has 0 aliphatic carbocycles. The number of benzene rings is 1. The number of carbonyl (C=O) groups is 1. The topological polar surface area (TPSA) is 63.2 Å². The van der Waals surface area contributed by atoms with Gasteiger partial charge in [0, 0.05) is 21.7 Å². The molecule has 0 radical (unpaired) electrons. The third kappa shape index (κ3) is 5.56. The highest BCUT2D eigenvalue weighted by Crippen LogP contribution is 2.28. The smallest absolute Gasteiger partial charge is 0.262 e. The maximum Gasteiger partial charge on any atom is 0.262 e. The van der Waals surface area contributed by atoms with Gasteiger partial charge in [0.15, 0.2) is 0 Å². The van der Waals surface area contributed by atoms with E-state index in [0.29, 0.717) is 13.0 Å². The zero-order chi connectivity index (χ0) is 16.4. The summed E-state index contributed by atoms with van der Waals surface area (Å²) < 4.78 is 36.5. The summed E-state index contributed by atoms with van der Waals surface area (Å²) in [7, 11) is 1.17. The van der Waals surface area contributed by atoms with E-state index in [1.807, 2.05) is 20.8 Å². The molecule has 1 rings (SSSR count). The molecule has 0 aliphatic heterocycles. The summed E-state index contributed by atoms with van der Waals surface area (Å²) in [6.45, 7) is 6.40. The van der Waals surface area contributed by atoms with Gasteiger partial charge in [0.1, 0.15) is 5.82 Å². The molecule has 0 spiro atoms. The fourth-order valence-electron chi connectivity index (χ4n) is 1.54. The van der Waals surface area contributed by atoms with Crippen molar-refractivity contribution in [1.82, 2.24) is 5.32 Å². The van der Waals surface area contributed by atoms with Gasteiger partial charge in [-0.05, 0) is 39.9 Å². The van der Waals surface area contributed by atoms with Crippen LogP contribution in [0.3, 0.4) is 0 Å². The molecule has 0 saturated heterocycles. The van der Waals surface area contributed by atoms with Crippen LogP contribution >= 0.6 is 26.6 Å². The third-order valence-electron chi connectivity index (χ3n) is 2.69. The van der Waals surface area contributed by atoms with E-state index in [-0.39, 0.29) is 20.3 Å². The van der Waals surface area contributed by atoms with Crippen LogP contribution in [-0.2, 0) is 9.05 Å². The van der Waals surface area contributed by atoms with E-state index < -0.39 is 20.8 Å². The molecule has 0 heterocycles. The average Bonchev–Trinajstić information content (AvgIpc) is 2.24. The van der Waals surface area contributed by atoms with Crippen molar-refractivity contribution in [3.63, 3.8) is 0 Å². The first kappa shape index (κ1) is 18.4. The number of nitrogens with one attached hydrogen (secondary N) is 1. The van der Waals surface area contributed by atoms with Gasteiger partial charge in [0.25, 0.3) is 15.0 Å². The molecule has 0 fully saturated rings. The summed E-state index contributed by atoms with van der Waals surface area (Å²) in [6.07, 6.45) is 0.706. The van der Waals surface area contributed by atoms with Gasteiger partial charge < -0.3 is 5.32 Å². The molecule has 8 heteroatoms. The van der Waals surface area contributed by atoms with Crippen LogP contribution in [0.2, 0.25) is 0 Å². The highest BCUT2D eigenvalue weighted by Gasteiger charge is 2.21. The number of amides is 1. The van der Waals surface area contributed by atoms with Crippen molar-refractivity contribution in [3.8, 4) is 0 Å². The molecule has 1 aromatic carbocycles. The molecule has 1 N–H and O–H groups in total. The van der Waals surface area contributed by atoms with E-state index in [9.17, 15) is 17.6 Å². The molecule has 0 saturated carbocycles. The van der Waals surface area contributed by atoms with Crippen molar-refractivity contribution in [2.24, 2.45) is 5.41 Å². The zero-order valence-electron chi connectivity index (χ0n) is 11.8. The lowest BCUT2D eigenvalue weighted by atomic mass is 9.92. The SMILES string of the molecule is CC(C)(C)CCNC(=O)c1cc(S(=O)(=O)Cl)c(Br)cc1F. The molecule has 21 heavy (non-hydrogen) atoms. The summed E-state index contributed by atoms with van der Waals surface area (Å²) in [5.41, 5.74) is -0.331. The molecular formula is C13H16BrClFNO3S. The van der Waals surface area contributed by atoms with Gasteiger partial charge in [-0.1, -0.05) is 20.8 Å². The minimum atomic E-state index is -4.07. The van der Waals surface area contributed by atoms with Crippen molar-refractivity contribution < 1.29 is 17.6 Å². The van der Waals surface area contributed by atoms with Crippen LogP contribution in [0, 0.1) is 11.2 Å². The fourth-order valence-corrected chi connectivity index (χ4v) is 3.70. The van der Waals surface area contributed by atoms with Crippen LogP contribution < -0.4 is 5.32 Å². The average molecular weight is 401 g/mol. The van der Waals surface area contributed by atoms with Gasteiger partial charge >= 0.3 is 0 Å². The van der Waals surface area contributed by atoms with Gasteiger partial charge in [-0.15, -0.1) is 0 Å². The van der Waals surface area contributed by atoms with E-state index in [1.54, 1.807) is 0 Å². The standard InChI is InChI=1S/C13H16BrClFNO3S/c1-13(2,3)4-5-17-12(18)8-6-11(21(15,19)20)9(14)7-10(8)16/h6-7H,4-5H2,1-3H3,(H,17,18). The third-order valence-corrected chi connectivity index (χ3v) is 4.97. The lowest BCUT2D eigenvalue weighted by molar-refractivity contribution is 0.0945. The minimum absolute atomic E-state index is 0.0240. The minimum Gasteiger partial charge on any atom is -0.352 e. The molecule has 118 valence electrons. The first-order chi connectivity index (χ1) is 9.42. The lowest BCUT2D eigenvalue weighted by Gasteiger charge is -2.18. The van der Waals surface area contributed by atoms with Crippen molar-refractivity contribution in [2.45, 2.75) is 32.1 Å². The van der Waals surface area contributed by atoms with Crippen molar-refractivity contribution in [1.29, 1.82) is 0 Å². The van der Waals surface area contributed by atoms with Crippen LogP contribution in [0.25, 0.3) is 0 Å². The Morgan fingerprint density at radius 2 is 1.95 bits per heavy atom. The van der Waals surface area contributed by atoms with Gasteiger partial charge in [-0.25, -0.2) is 12.8 Å². The molecule has 0 atom stereocenters. The quantitative estimate of drug-likeness (QED) is 0.784. The van der Waals surface area contributed by atoms with Gasteiger partial charge in [0.05, 0.1) is 10.5 Å².